The molecule has 0 aliphatic heterocycles. The van der Waals surface area contributed by atoms with E-state index in [1.807, 2.05) is 13.0 Å². The van der Waals surface area contributed by atoms with Crippen LogP contribution in [0.2, 0.25) is 0 Å². The third-order valence-corrected chi connectivity index (χ3v) is 1.31. The molecule has 0 heterocycles. The molecule has 0 N–H and O–H groups in total. The van der Waals surface area contributed by atoms with Gasteiger partial charge in [0.25, 0.3) is 0 Å². The molecule has 1 aliphatic rings. The van der Waals surface area contributed by atoms with Gasteiger partial charge in [-0.2, -0.15) is 0 Å². The Morgan fingerprint density at radius 1 is 1.38 bits per heavy atom. The van der Waals surface area contributed by atoms with Crippen LogP contribution >= 0.6 is 0 Å². The molecule has 1 aliphatic carbocycles. The topological polar surface area (TPSA) is 0 Å². The van der Waals surface area contributed by atoms with Crippen LogP contribution in [0.4, 0.5) is 4.39 Å². The average molecular weight is 112 g/mol. The fraction of sp³-hybridized carbons (Fsp3) is 0.429. The first kappa shape index (κ1) is 5.54. The van der Waals surface area contributed by atoms with Gasteiger partial charge in [0.2, 0.25) is 0 Å². The predicted molar refractivity (Wildman–Crippen MR) is 32.2 cm³/mol. The highest BCUT2D eigenvalue weighted by molar-refractivity contribution is 5.18. The summed E-state index contributed by atoms with van der Waals surface area (Å²) in [4.78, 5) is 0. The molecule has 0 aromatic carbocycles. The van der Waals surface area contributed by atoms with E-state index in [4.69, 9.17) is 0 Å². The van der Waals surface area contributed by atoms with Crippen LogP contribution in [0, 0.1) is 0 Å². The Kier molecular flexibility index (Phi) is 1.47. The molecule has 0 saturated heterocycles. The van der Waals surface area contributed by atoms with E-state index in [-0.39, 0.29) is 5.83 Å². The highest BCUT2D eigenvalue weighted by Gasteiger charge is 1.99. The monoisotopic (exact) mass is 112 g/mol. The van der Waals surface area contributed by atoms with E-state index in [0.29, 0.717) is 6.42 Å². The van der Waals surface area contributed by atoms with Gasteiger partial charge in [0.05, 0.1) is 0 Å². The van der Waals surface area contributed by atoms with Crippen molar-refractivity contribution in [2.24, 2.45) is 0 Å². The number of halogens is 1. The summed E-state index contributed by atoms with van der Waals surface area (Å²) in [5.74, 6) is 0.00981. The van der Waals surface area contributed by atoms with Crippen LogP contribution in [0.15, 0.2) is 23.6 Å². The van der Waals surface area contributed by atoms with Gasteiger partial charge in [0.1, 0.15) is 5.83 Å². The highest BCUT2D eigenvalue weighted by atomic mass is 19.1. The Labute approximate surface area is 48.7 Å². The van der Waals surface area contributed by atoms with Gasteiger partial charge < -0.3 is 0 Å². The molecule has 44 valence electrons. The lowest BCUT2D eigenvalue weighted by Crippen LogP contribution is -1.84. The molecule has 8 heavy (non-hydrogen) atoms. The van der Waals surface area contributed by atoms with E-state index in [2.05, 4.69) is 0 Å². The number of allylic oxidation sites excluding steroid dienone is 4. The first-order valence-electron chi connectivity index (χ1n) is 2.81. The lowest BCUT2D eigenvalue weighted by atomic mass is 10.1. The third-order valence-electron chi connectivity index (χ3n) is 1.31. The molecule has 0 aromatic rings. The molecule has 0 atom stereocenters. The van der Waals surface area contributed by atoms with Crippen molar-refractivity contribution in [2.45, 2.75) is 19.8 Å². The van der Waals surface area contributed by atoms with Crippen LogP contribution in [0.5, 0.6) is 0 Å². The largest absolute Gasteiger partial charge is 0.212 e. The Bertz CT molecular complexity index is 124. The Morgan fingerprint density at radius 2 is 2.12 bits per heavy atom. The van der Waals surface area contributed by atoms with Gasteiger partial charge >= 0.3 is 0 Å². The molecule has 0 amide bonds. The summed E-state index contributed by atoms with van der Waals surface area (Å²) in [6.07, 6.45) is 4.86. The van der Waals surface area contributed by atoms with E-state index < -0.39 is 0 Å². The Hall–Kier alpha value is -0.590. The molecule has 0 bridgehead atoms. The SMILES string of the molecule is CC1=CC=C(F)CC1. The van der Waals surface area contributed by atoms with Crippen molar-refractivity contribution in [3.63, 3.8) is 0 Å². The molecule has 0 aromatic heterocycles. The molecule has 0 radical (unpaired) electrons. The summed E-state index contributed by atoms with van der Waals surface area (Å²) in [5.41, 5.74) is 1.27. The second kappa shape index (κ2) is 2.12. The fourth-order valence-electron chi connectivity index (χ4n) is 0.716. The van der Waals surface area contributed by atoms with Crippen LogP contribution in [0.3, 0.4) is 0 Å². The van der Waals surface area contributed by atoms with Gasteiger partial charge in [0, 0.05) is 6.42 Å². The zero-order valence-corrected chi connectivity index (χ0v) is 4.95. The molecular formula is C7H9F. The lowest BCUT2D eigenvalue weighted by Gasteiger charge is -2.02. The maximum Gasteiger partial charge on any atom is 0.100 e. The first-order chi connectivity index (χ1) is 3.79. The minimum atomic E-state index is 0.00981. The van der Waals surface area contributed by atoms with Gasteiger partial charge in [-0.3, -0.25) is 0 Å². The van der Waals surface area contributed by atoms with Crippen molar-refractivity contribution < 1.29 is 4.39 Å². The zero-order valence-electron chi connectivity index (χ0n) is 4.95. The van der Waals surface area contributed by atoms with Crippen molar-refractivity contribution in [2.75, 3.05) is 0 Å². The van der Waals surface area contributed by atoms with Gasteiger partial charge in [-0.25, -0.2) is 4.39 Å². The molecule has 1 heteroatoms. The first-order valence-corrected chi connectivity index (χ1v) is 2.81. The van der Waals surface area contributed by atoms with Crippen molar-refractivity contribution in [1.29, 1.82) is 0 Å². The second-order valence-electron chi connectivity index (χ2n) is 2.13. The smallest absolute Gasteiger partial charge is 0.100 e. The average Bonchev–Trinajstić information content (AvgIpc) is 1.77. The Balaban J connectivity index is 2.65. The van der Waals surface area contributed by atoms with Crippen molar-refractivity contribution in [3.8, 4) is 0 Å². The van der Waals surface area contributed by atoms with Gasteiger partial charge in [-0.15, -0.1) is 0 Å². The standard InChI is InChI=1S/C7H9F/c1-6-2-4-7(8)5-3-6/h2,4H,3,5H2,1H3. The van der Waals surface area contributed by atoms with Crippen LogP contribution < -0.4 is 0 Å². The van der Waals surface area contributed by atoms with Crippen LogP contribution in [0.1, 0.15) is 19.8 Å². The minimum absolute atomic E-state index is 0.00981. The number of hydrogen-bond acceptors (Lipinski definition) is 0. The molecule has 0 spiro atoms. The molecular weight excluding hydrogens is 103 g/mol. The molecule has 1 rings (SSSR count). The van der Waals surface area contributed by atoms with Crippen molar-refractivity contribution >= 4 is 0 Å². The Morgan fingerprint density at radius 3 is 2.50 bits per heavy atom. The van der Waals surface area contributed by atoms with E-state index in [1.54, 1.807) is 6.08 Å². The zero-order chi connectivity index (χ0) is 5.98. The second-order valence-corrected chi connectivity index (χ2v) is 2.13. The molecule has 0 saturated carbocycles. The molecule has 0 nitrogen and oxygen atoms in total. The normalized spacial score (nSPS) is 19.8. The summed E-state index contributed by atoms with van der Waals surface area (Å²) in [6.45, 7) is 2.02. The van der Waals surface area contributed by atoms with E-state index >= 15 is 0 Å². The summed E-state index contributed by atoms with van der Waals surface area (Å²) < 4.78 is 12.2. The third kappa shape index (κ3) is 1.19. The molecule has 0 unspecified atom stereocenters. The van der Waals surface area contributed by atoms with Gasteiger partial charge in [0.15, 0.2) is 0 Å². The summed E-state index contributed by atoms with van der Waals surface area (Å²) in [5, 5.41) is 0. The van der Waals surface area contributed by atoms with Crippen molar-refractivity contribution in [1.82, 2.24) is 0 Å². The summed E-state index contributed by atoms with van der Waals surface area (Å²) in [7, 11) is 0. The summed E-state index contributed by atoms with van der Waals surface area (Å²) in [6, 6.07) is 0. The van der Waals surface area contributed by atoms with E-state index in [0.717, 1.165) is 6.42 Å². The maximum atomic E-state index is 12.2. The van der Waals surface area contributed by atoms with Crippen molar-refractivity contribution in [3.05, 3.63) is 23.6 Å². The number of hydrogen-bond donors (Lipinski definition) is 0. The molecule has 0 fully saturated rings. The van der Waals surface area contributed by atoms with Crippen LogP contribution in [-0.2, 0) is 0 Å². The van der Waals surface area contributed by atoms with Crippen LogP contribution in [-0.4, -0.2) is 0 Å². The summed E-state index contributed by atoms with van der Waals surface area (Å²) >= 11 is 0. The quantitative estimate of drug-likeness (QED) is 0.451. The van der Waals surface area contributed by atoms with E-state index in [9.17, 15) is 4.39 Å². The van der Waals surface area contributed by atoms with Crippen LogP contribution in [0.25, 0.3) is 0 Å². The predicted octanol–water partition coefficient (Wildman–Crippen LogP) is 2.58. The van der Waals surface area contributed by atoms with Gasteiger partial charge in [-0.05, 0) is 19.4 Å². The minimum Gasteiger partial charge on any atom is -0.212 e. The highest BCUT2D eigenvalue weighted by Crippen LogP contribution is 2.17. The maximum absolute atomic E-state index is 12.2. The number of rotatable bonds is 0. The lowest BCUT2D eigenvalue weighted by molar-refractivity contribution is 0.582. The fourth-order valence-corrected chi connectivity index (χ4v) is 0.716. The van der Waals surface area contributed by atoms with Gasteiger partial charge in [-0.1, -0.05) is 11.6 Å². The van der Waals surface area contributed by atoms with E-state index in [1.165, 1.54) is 5.57 Å².